The lowest BCUT2D eigenvalue weighted by Gasteiger charge is -2.34. The van der Waals surface area contributed by atoms with Crippen molar-refractivity contribution in [2.24, 2.45) is 7.05 Å². The molecule has 1 atom stereocenters. The second-order valence-electron chi connectivity index (χ2n) is 6.56. The van der Waals surface area contributed by atoms with Crippen LogP contribution >= 0.6 is 0 Å². The average Bonchev–Trinajstić information content (AvgIpc) is 3.16. The molecule has 0 radical (unpaired) electrons. The summed E-state index contributed by atoms with van der Waals surface area (Å²) < 4.78 is 0. The first-order chi connectivity index (χ1) is 10.6. The maximum Gasteiger partial charge on any atom is 0.239 e. The largest absolute Gasteiger partial charge is 0.341 e. The Morgan fingerprint density at radius 2 is 2.00 bits per heavy atom. The van der Waals surface area contributed by atoms with Crippen LogP contribution in [0.3, 0.4) is 0 Å². The molecule has 0 unspecified atom stereocenters. The number of likely N-dealkylation sites (N-methyl/N-ethyl adjacent to an activating group) is 1. The Hall–Kier alpha value is -1.50. The van der Waals surface area contributed by atoms with E-state index >= 15 is 0 Å². The van der Waals surface area contributed by atoms with Crippen LogP contribution in [0.4, 0.5) is 0 Å². The van der Waals surface area contributed by atoms with Crippen LogP contribution in [-0.4, -0.2) is 61.6 Å². The Morgan fingerprint density at radius 1 is 1.23 bits per heavy atom. The Morgan fingerprint density at radius 3 is 2.68 bits per heavy atom. The molecule has 0 bridgehead atoms. The monoisotopic (exact) mass is 306 g/mol. The third-order valence-corrected chi connectivity index (χ3v) is 5.01. The summed E-state index contributed by atoms with van der Waals surface area (Å²) in [5, 5.41) is 12.1. The fourth-order valence-electron chi connectivity index (χ4n) is 3.75. The zero-order valence-electron chi connectivity index (χ0n) is 13.6. The third-order valence-electron chi connectivity index (χ3n) is 5.01. The number of carbonyl (C=O) groups is 1. The maximum absolute atomic E-state index is 12.9. The summed E-state index contributed by atoms with van der Waals surface area (Å²) in [6.45, 7) is 1.55. The number of hydrogen-bond donors (Lipinski definition) is 0. The van der Waals surface area contributed by atoms with Gasteiger partial charge in [-0.3, -0.25) is 9.69 Å². The molecule has 0 spiro atoms. The van der Waals surface area contributed by atoms with Crippen LogP contribution in [0.15, 0.2) is 0 Å². The van der Waals surface area contributed by atoms with Gasteiger partial charge in [-0.2, -0.15) is 4.80 Å². The van der Waals surface area contributed by atoms with Crippen molar-refractivity contribution < 1.29 is 4.79 Å². The molecule has 1 saturated heterocycles. The topological polar surface area (TPSA) is 67.2 Å². The Balaban J connectivity index is 1.62. The minimum Gasteiger partial charge on any atom is -0.341 e. The predicted molar refractivity (Wildman–Crippen MR) is 81.9 cm³/mol. The van der Waals surface area contributed by atoms with Gasteiger partial charge in [-0.1, -0.05) is 19.3 Å². The lowest BCUT2D eigenvalue weighted by Crippen LogP contribution is -2.48. The average molecular weight is 306 g/mol. The van der Waals surface area contributed by atoms with E-state index < -0.39 is 0 Å². The first-order valence-corrected chi connectivity index (χ1v) is 8.39. The molecular formula is C15H26N6O. The summed E-state index contributed by atoms with van der Waals surface area (Å²) in [6.07, 6.45) is 8.12. The van der Waals surface area contributed by atoms with Gasteiger partial charge in [0.1, 0.15) is 0 Å². The van der Waals surface area contributed by atoms with Crippen LogP contribution in [0.2, 0.25) is 0 Å². The molecule has 2 heterocycles. The molecule has 1 saturated carbocycles. The van der Waals surface area contributed by atoms with Gasteiger partial charge in [-0.05, 0) is 37.4 Å². The third kappa shape index (κ3) is 3.29. The molecule has 0 N–H and O–H groups in total. The molecule has 0 aromatic carbocycles. The van der Waals surface area contributed by atoms with Crippen LogP contribution in [0, 0.1) is 0 Å². The second kappa shape index (κ2) is 6.73. The summed E-state index contributed by atoms with van der Waals surface area (Å²) >= 11 is 0. The van der Waals surface area contributed by atoms with Gasteiger partial charge in [0.2, 0.25) is 5.91 Å². The van der Waals surface area contributed by atoms with Crippen LogP contribution in [0.1, 0.15) is 50.8 Å². The zero-order chi connectivity index (χ0) is 15.5. The molecule has 1 amide bonds. The maximum atomic E-state index is 12.9. The summed E-state index contributed by atoms with van der Waals surface area (Å²) in [4.78, 5) is 18.6. The Labute approximate surface area is 131 Å². The molecule has 1 aliphatic heterocycles. The number of rotatable bonds is 4. The molecule has 7 nitrogen and oxygen atoms in total. The van der Waals surface area contributed by atoms with E-state index in [2.05, 4.69) is 20.3 Å². The van der Waals surface area contributed by atoms with E-state index in [4.69, 9.17) is 0 Å². The van der Waals surface area contributed by atoms with Gasteiger partial charge in [-0.25, -0.2) is 0 Å². The van der Waals surface area contributed by atoms with Gasteiger partial charge >= 0.3 is 0 Å². The van der Waals surface area contributed by atoms with E-state index in [0.29, 0.717) is 18.4 Å². The van der Waals surface area contributed by atoms with Gasteiger partial charge < -0.3 is 4.90 Å². The Kier molecular flexibility index (Phi) is 4.71. The lowest BCUT2D eigenvalue weighted by atomic mass is 9.94. The van der Waals surface area contributed by atoms with Crippen molar-refractivity contribution in [1.29, 1.82) is 0 Å². The van der Waals surface area contributed by atoms with Crippen molar-refractivity contribution in [1.82, 2.24) is 30.0 Å². The van der Waals surface area contributed by atoms with Crippen molar-refractivity contribution in [3.8, 4) is 0 Å². The summed E-state index contributed by atoms with van der Waals surface area (Å²) in [5.41, 5.74) is 0. The number of likely N-dealkylation sites (tertiary alicyclic amines) is 1. The van der Waals surface area contributed by atoms with Crippen molar-refractivity contribution in [2.75, 3.05) is 13.6 Å². The molecular weight excluding hydrogens is 280 g/mol. The highest BCUT2D eigenvalue weighted by molar-refractivity contribution is 5.82. The minimum atomic E-state index is -0.0178. The smallest absolute Gasteiger partial charge is 0.239 e. The van der Waals surface area contributed by atoms with Gasteiger partial charge in [-0.15, -0.1) is 10.2 Å². The summed E-state index contributed by atoms with van der Waals surface area (Å²) in [6, 6.07) is 0.411. The SMILES string of the molecule is CN(C(=O)[C@H]1CCCN1Cc1nnn(C)n1)C1CCCCC1. The first-order valence-electron chi connectivity index (χ1n) is 8.39. The van der Waals surface area contributed by atoms with Gasteiger partial charge in [0, 0.05) is 13.1 Å². The number of nitrogens with zero attached hydrogens (tertiary/aromatic N) is 6. The summed E-state index contributed by atoms with van der Waals surface area (Å²) in [5.74, 6) is 0.968. The zero-order valence-corrected chi connectivity index (χ0v) is 13.6. The van der Waals surface area contributed by atoms with Crippen LogP contribution in [0.25, 0.3) is 0 Å². The minimum absolute atomic E-state index is 0.0178. The first kappa shape index (κ1) is 15.4. The molecule has 3 rings (SSSR count). The highest BCUT2D eigenvalue weighted by Gasteiger charge is 2.35. The van der Waals surface area contributed by atoms with Gasteiger partial charge in [0.15, 0.2) is 5.82 Å². The highest BCUT2D eigenvalue weighted by atomic mass is 16.2. The van der Waals surface area contributed by atoms with Crippen molar-refractivity contribution >= 4 is 5.91 Å². The van der Waals surface area contributed by atoms with Crippen molar-refractivity contribution in [3.05, 3.63) is 5.82 Å². The van der Waals surface area contributed by atoms with Crippen LogP contribution < -0.4 is 0 Å². The number of aryl methyl sites for hydroxylation is 1. The highest BCUT2D eigenvalue weighted by Crippen LogP contribution is 2.26. The van der Waals surface area contributed by atoms with E-state index in [1.165, 1.54) is 24.1 Å². The quantitative estimate of drug-likeness (QED) is 0.829. The lowest BCUT2D eigenvalue weighted by molar-refractivity contribution is -0.137. The standard InChI is InChI=1S/C15H26N6O/c1-19(12-7-4-3-5-8-12)15(22)13-9-6-10-21(13)11-14-16-18-20(2)17-14/h12-13H,3-11H2,1-2H3/t13-/m1/s1. The van der Waals surface area contributed by atoms with Crippen LogP contribution in [0.5, 0.6) is 0 Å². The van der Waals surface area contributed by atoms with E-state index in [1.807, 2.05) is 11.9 Å². The van der Waals surface area contributed by atoms with E-state index in [9.17, 15) is 4.79 Å². The molecule has 2 aliphatic rings. The summed E-state index contributed by atoms with van der Waals surface area (Å²) in [7, 11) is 3.75. The molecule has 122 valence electrons. The molecule has 1 aliphatic carbocycles. The normalized spacial score (nSPS) is 23.8. The molecule has 7 heteroatoms. The van der Waals surface area contributed by atoms with Gasteiger partial charge in [0.05, 0.1) is 19.6 Å². The number of carbonyl (C=O) groups excluding carboxylic acids is 1. The van der Waals surface area contributed by atoms with E-state index in [-0.39, 0.29) is 11.9 Å². The molecule has 1 aromatic rings. The predicted octanol–water partition coefficient (Wildman–Crippen LogP) is 0.966. The Bertz CT molecular complexity index is 510. The second-order valence-corrected chi connectivity index (χ2v) is 6.56. The number of hydrogen-bond acceptors (Lipinski definition) is 5. The van der Waals surface area contributed by atoms with Crippen molar-refractivity contribution in [2.45, 2.75) is 63.6 Å². The van der Waals surface area contributed by atoms with E-state index in [0.717, 1.165) is 32.2 Å². The fourth-order valence-corrected chi connectivity index (χ4v) is 3.75. The number of amides is 1. The van der Waals surface area contributed by atoms with Crippen molar-refractivity contribution in [3.63, 3.8) is 0 Å². The van der Waals surface area contributed by atoms with E-state index in [1.54, 1.807) is 7.05 Å². The fraction of sp³-hybridized carbons (Fsp3) is 0.867. The van der Waals surface area contributed by atoms with Gasteiger partial charge in [0.25, 0.3) is 0 Å². The molecule has 2 fully saturated rings. The van der Waals surface area contributed by atoms with Crippen LogP contribution in [-0.2, 0) is 18.4 Å². The number of tetrazole rings is 1. The molecule has 1 aromatic heterocycles. The number of aromatic nitrogens is 4. The molecule has 22 heavy (non-hydrogen) atoms.